The molecule has 0 saturated carbocycles. The molecule has 0 aromatic carbocycles. The maximum absolute atomic E-state index is 8.56. The summed E-state index contributed by atoms with van der Waals surface area (Å²) in [6.45, 7) is 0. The van der Waals surface area contributed by atoms with Crippen LogP contribution in [0.1, 0.15) is 11.4 Å². The van der Waals surface area contributed by atoms with E-state index in [1.807, 2.05) is 0 Å². The molecule has 0 unspecified atom stereocenters. The van der Waals surface area contributed by atoms with E-state index in [2.05, 4.69) is 0 Å². The molecule has 0 atom stereocenters. The fourth-order valence-electron chi connectivity index (χ4n) is 0. The van der Waals surface area contributed by atoms with Crippen molar-refractivity contribution < 1.29 is 56.4 Å². The van der Waals surface area contributed by atoms with Gasteiger partial charge in [0.25, 0.3) is 0 Å². The maximum atomic E-state index is 8.56. The molecule has 88 valence electrons. The summed E-state index contributed by atoms with van der Waals surface area (Å²) in [6, 6.07) is 0. The first kappa shape index (κ1) is 43.0. The van der Waals surface area contributed by atoms with E-state index in [1.165, 1.54) is 0 Å². The van der Waals surface area contributed by atoms with Crippen LogP contribution in [-0.2, 0) is 0 Å². The van der Waals surface area contributed by atoms with Gasteiger partial charge in [-0.1, -0.05) is 0 Å². The Morgan fingerprint density at radius 1 is 0.562 bits per heavy atom. The quantitative estimate of drug-likeness (QED) is 0.336. The molecule has 6 N–H and O–H groups in total. The molecule has 9 nitrogen and oxygen atoms in total. The van der Waals surface area contributed by atoms with Crippen LogP contribution in [0.5, 0.6) is 0 Å². The van der Waals surface area contributed by atoms with E-state index in [4.69, 9.17) is 45.0 Å². The van der Waals surface area contributed by atoms with Gasteiger partial charge < -0.3 is 42.1 Å². The fourth-order valence-corrected chi connectivity index (χ4v) is 0. The third-order valence-corrected chi connectivity index (χ3v) is 0. The smallest absolute Gasteiger partial charge is 1.00 e. The minimum absolute atomic E-state index is 0. The molecular formula is C3H14Ca2Mg2O9. The monoisotopic (exact) mass is 322 g/mol. The summed E-state index contributed by atoms with van der Waals surface area (Å²) in [5, 5.41) is 41.8. The second-order valence-corrected chi connectivity index (χ2v) is 0.848. The summed E-state index contributed by atoms with van der Waals surface area (Å²) in [5.41, 5.74) is 0. The van der Waals surface area contributed by atoms with Crippen LogP contribution in [-0.4, -0.2) is 171 Å². The van der Waals surface area contributed by atoms with E-state index in [1.54, 1.807) is 0 Å². The number of hydrogen-bond donors (Lipinski definition) is 6. The SMILES string of the molecule is O=C(O)O.O=C(O)O.O=C(O)O.[Ca+2].[Ca+2].[H-].[H-].[H-].[H-].[H-].[H-].[H-].[H-].[Mg+2].[Mg+2]. The third-order valence-electron chi connectivity index (χ3n) is 0. The third kappa shape index (κ3) is 1010. The Bertz CT molecular complexity index is 146. The van der Waals surface area contributed by atoms with Gasteiger partial charge in [-0.2, -0.15) is 0 Å². The van der Waals surface area contributed by atoms with Gasteiger partial charge >= 0.3 is 140 Å². The van der Waals surface area contributed by atoms with Crippen LogP contribution < -0.4 is 0 Å². The van der Waals surface area contributed by atoms with Gasteiger partial charge in [0.2, 0.25) is 0 Å². The van der Waals surface area contributed by atoms with Crippen molar-refractivity contribution in [3.8, 4) is 0 Å². The van der Waals surface area contributed by atoms with Crippen molar-refractivity contribution in [2.24, 2.45) is 0 Å². The number of hydrogen-bond acceptors (Lipinski definition) is 3. The molecule has 16 heavy (non-hydrogen) atoms. The Morgan fingerprint density at radius 2 is 0.562 bits per heavy atom. The van der Waals surface area contributed by atoms with Crippen LogP contribution in [0.2, 0.25) is 0 Å². The largest absolute Gasteiger partial charge is 2.00 e. The summed E-state index contributed by atoms with van der Waals surface area (Å²) in [7, 11) is 0. The molecule has 0 radical (unpaired) electrons. The molecule has 0 fully saturated rings. The molecule has 0 aliphatic carbocycles. The predicted octanol–water partition coefficient (Wildman–Crippen LogP) is 0.0440. The van der Waals surface area contributed by atoms with Gasteiger partial charge in [-0.15, -0.1) is 0 Å². The number of rotatable bonds is 0. The zero-order valence-corrected chi connectivity index (χ0v) is 15.5. The zero-order valence-electron chi connectivity index (χ0n) is 16.2. The average molecular weight is 323 g/mol. The summed E-state index contributed by atoms with van der Waals surface area (Å²) in [4.78, 5) is 25.7. The van der Waals surface area contributed by atoms with E-state index in [0.29, 0.717) is 0 Å². The number of carboxylic acid groups (broad SMARTS) is 6. The van der Waals surface area contributed by atoms with Crippen LogP contribution in [0.15, 0.2) is 0 Å². The van der Waals surface area contributed by atoms with Gasteiger partial charge in [0.1, 0.15) is 0 Å². The minimum Gasteiger partial charge on any atom is -1.00 e. The Morgan fingerprint density at radius 3 is 0.562 bits per heavy atom. The maximum Gasteiger partial charge on any atom is 2.00 e. The normalized spacial score (nSPS) is 4.50. The standard InChI is InChI=1S/3CH2O3.2Ca.2Mg.8H/c3*2-1(3)4;;;;;;;;;;;;/h3*(H2,2,3,4);;;;;;;;;;;;/q;;;4*+2;8*-1. The summed E-state index contributed by atoms with van der Waals surface area (Å²) in [5.74, 6) is 0. The van der Waals surface area contributed by atoms with Gasteiger partial charge in [0.15, 0.2) is 0 Å². The van der Waals surface area contributed by atoms with E-state index >= 15 is 0 Å². The Balaban J connectivity index is -0.00000000312. The molecule has 0 aromatic rings. The molecule has 0 spiro atoms. The van der Waals surface area contributed by atoms with Gasteiger partial charge in [0.05, 0.1) is 0 Å². The van der Waals surface area contributed by atoms with Gasteiger partial charge in [-0.3, -0.25) is 0 Å². The van der Waals surface area contributed by atoms with Crippen molar-refractivity contribution in [2.75, 3.05) is 0 Å². The summed E-state index contributed by atoms with van der Waals surface area (Å²) < 4.78 is 0. The van der Waals surface area contributed by atoms with Crippen molar-refractivity contribution in [3.63, 3.8) is 0 Å². The molecule has 13 heteroatoms. The molecule has 0 aliphatic heterocycles. The van der Waals surface area contributed by atoms with Crippen molar-refractivity contribution in [3.05, 3.63) is 0 Å². The first-order valence-corrected chi connectivity index (χ1v) is 1.95. The van der Waals surface area contributed by atoms with Crippen LogP contribution in [0, 0.1) is 0 Å². The average Bonchev–Trinajstić information content (AvgIpc) is 1.54. The predicted molar refractivity (Wildman–Crippen MR) is 63.9 cm³/mol. The number of carbonyl (C=O) groups is 3. The van der Waals surface area contributed by atoms with Crippen LogP contribution >= 0.6 is 0 Å². The van der Waals surface area contributed by atoms with Crippen LogP contribution in [0.25, 0.3) is 0 Å². The molecule has 0 amide bonds. The molecule has 0 aromatic heterocycles. The van der Waals surface area contributed by atoms with Gasteiger partial charge in [-0.05, 0) is 0 Å². The Kier molecular flexibility index (Phi) is 96.7. The first-order valence-electron chi connectivity index (χ1n) is 1.95. The Hall–Kier alpha value is 1.86. The topological polar surface area (TPSA) is 173 Å². The van der Waals surface area contributed by atoms with Gasteiger partial charge in [-0.25, -0.2) is 14.4 Å². The molecule has 0 aliphatic rings. The summed E-state index contributed by atoms with van der Waals surface area (Å²) in [6.07, 6.45) is -5.50. The van der Waals surface area contributed by atoms with Crippen molar-refractivity contribution in [1.82, 2.24) is 0 Å². The molecule has 0 bridgehead atoms. The minimum atomic E-state index is -1.83. The zero-order chi connectivity index (χ0) is 10.7. The molecular weight excluding hydrogens is 309 g/mol. The van der Waals surface area contributed by atoms with Crippen LogP contribution in [0.3, 0.4) is 0 Å². The van der Waals surface area contributed by atoms with E-state index in [0.717, 1.165) is 0 Å². The second kappa shape index (κ2) is 36.0. The molecule has 0 rings (SSSR count). The Labute approximate surface area is 193 Å². The first-order chi connectivity index (χ1) is 5.20. The second-order valence-electron chi connectivity index (χ2n) is 0.848. The van der Waals surface area contributed by atoms with E-state index in [-0.39, 0.29) is 133 Å². The van der Waals surface area contributed by atoms with Crippen molar-refractivity contribution in [2.45, 2.75) is 0 Å². The summed E-state index contributed by atoms with van der Waals surface area (Å²) >= 11 is 0. The van der Waals surface area contributed by atoms with Crippen molar-refractivity contribution in [1.29, 1.82) is 0 Å². The molecule has 0 heterocycles. The van der Waals surface area contributed by atoms with E-state index < -0.39 is 18.5 Å². The van der Waals surface area contributed by atoms with Crippen LogP contribution in [0.4, 0.5) is 14.4 Å². The van der Waals surface area contributed by atoms with E-state index in [9.17, 15) is 0 Å². The molecule has 0 saturated heterocycles. The fraction of sp³-hybridized carbons (Fsp3) is 0. The van der Waals surface area contributed by atoms with Crippen molar-refractivity contribution >= 4 is 140 Å². The van der Waals surface area contributed by atoms with Gasteiger partial charge in [0, 0.05) is 0 Å².